The van der Waals surface area contributed by atoms with Crippen LogP contribution in [0.4, 0.5) is 0 Å². The van der Waals surface area contributed by atoms with Crippen molar-refractivity contribution < 1.29 is 0 Å². The molecule has 94 valence electrons. The second kappa shape index (κ2) is 5.31. The van der Waals surface area contributed by atoms with Gasteiger partial charge in [0.2, 0.25) is 0 Å². The Kier molecular flexibility index (Phi) is 4.14. The van der Waals surface area contributed by atoms with Crippen molar-refractivity contribution in [3.05, 3.63) is 50.5 Å². The van der Waals surface area contributed by atoms with Crippen LogP contribution >= 0.6 is 31.9 Å². The molecule has 0 aromatic heterocycles. The van der Waals surface area contributed by atoms with E-state index in [-0.39, 0.29) is 0 Å². The van der Waals surface area contributed by atoms with Gasteiger partial charge in [0.25, 0.3) is 0 Å². The molecule has 2 aromatic rings. The molecule has 0 radical (unpaired) electrons. The molecule has 0 heterocycles. The highest BCUT2D eigenvalue weighted by molar-refractivity contribution is 9.12. The Bertz CT molecular complexity index is 604. The molecule has 0 spiro atoms. The minimum Gasteiger partial charge on any atom is -0.0651 e. The predicted molar refractivity (Wildman–Crippen MR) is 91.9 cm³/mol. The summed E-state index contributed by atoms with van der Waals surface area (Å²) in [6.45, 7) is 7.02. The lowest BCUT2D eigenvalue weighted by molar-refractivity contribution is 1.67. The van der Waals surface area contributed by atoms with Crippen LogP contribution in [0, 0.1) is 0 Å². The Labute approximate surface area is 126 Å². The molecule has 0 bridgehead atoms. The second-order valence-corrected chi connectivity index (χ2v) is 12.9. The van der Waals surface area contributed by atoms with Crippen LogP contribution in [0.1, 0.15) is 5.56 Å². The highest BCUT2D eigenvalue weighted by atomic mass is 79.9. The van der Waals surface area contributed by atoms with E-state index < -0.39 is 8.07 Å². The maximum atomic E-state index is 3.75. The molecule has 2 rings (SSSR count). The third-order valence-corrected chi connectivity index (χ3v) is 8.92. The fourth-order valence-corrected chi connectivity index (χ4v) is 3.24. The van der Waals surface area contributed by atoms with Crippen LogP contribution in [-0.4, -0.2) is 8.07 Å². The maximum Gasteiger partial charge on any atom is 0.0865 e. The van der Waals surface area contributed by atoms with Crippen LogP contribution in [0.2, 0.25) is 19.6 Å². The molecule has 0 aliphatic rings. The number of rotatable bonds is 2. The molecule has 0 saturated carbocycles. The van der Waals surface area contributed by atoms with Gasteiger partial charge in [-0.2, -0.15) is 0 Å². The standard InChI is InChI=1S/C15H16Br2Si/c1-18(2,3)14(17)10-12-8-4-6-11-7-5-9-13(16)15(11)12/h4-10H,1-3H3/b14-10+. The quantitative estimate of drug-likeness (QED) is 0.540. The summed E-state index contributed by atoms with van der Waals surface area (Å²) in [6, 6.07) is 12.8. The normalized spacial score (nSPS) is 13.1. The smallest absolute Gasteiger partial charge is 0.0651 e. The first-order valence-electron chi connectivity index (χ1n) is 5.94. The Morgan fingerprint density at radius 3 is 2.28 bits per heavy atom. The van der Waals surface area contributed by atoms with Crippen LogP contribution in [0.15, 0.2) is 45.0 Å². The van der Waals surface area contributed by atoms with E-state index in [0.717, 1.165) is 4.47 Å². The monoisotopic (exact) mass is 382 g/mol. The minimum atomic E-state index is -1.29. The minimum absolute atomic E-state index is 1.16. The summed E-state index contributed by atoms with van der Waals surface area (Å²) in [4.78, 5) is 0. The maximum absolute atomic E-state index is 3.75. The molecule has 3 heteroatoms. The van der Waals surface area contributed by atoms with Crippen LogP contribution < -0.4 is 0 Å². The van der Waals surface area contributed by atoms with Crippen LogP contribution in [0.3, 0.4) is 0 Å². The number of hydrogen-bond acceptors (Lipinski definition) is 0. The summed E-state index contributed by atoms with van der Waals surface area (Å²) >= 11 is 7.41. The van der Waals surface area contributed by atoms with E-state index in [1.165, 1.54) is 20.4 Å². The second-order valence-electron chi connectivity index (χ2n) is 5.43. The molecular formula is C15H16Br2Si. The van der Waals surface area contributed by atoms with Crippen molar-refractivity contribution in [2.75, 3.05) is 0 Å². The molecule has 0 atom stereocenters. The molecule has 0 amide bonds. The number of halogens is 2. The third-order valence-electron chi connectivity index (χ3n) is 2.88. The highest BCUT2D eigenvalue weighted by Gasteiger charge is 2.17. The molecule has 0 nitrogen and oxygen atoms in total. The summed E-state index contributed by atoms with van der Waals surface area (Å²) in [7, 11) is -1.29. The number of benzene rings is 2. The lowest BCUT2D eigenvalue weighted by Crippen LogP contribution is -2.20. The van der Waals surface area contributed by atoms with E-state index in [2.05, 4.69) is 94.0 Å². The summed E-state index contributed by atoms with van der Waals surface area (Å²) < 4.78 is 2.50. The van der Waals surface area contributed by atoms with E-state index in [4.69, 9.17) is 0 Å². The Morgan fingerprint density at radius 1 is 1.06 bits per heavy atom. The van der Waals surface area contributed by atoms with Crippen molar-refractivity contribution in [3.8, 4) is 0 Å². The molecule has 0 aliphatic carbocycles. The summed E-state index contributed by atoms with van der Waals surface area (Å²) in [5, 5.41) is 2.56. The van der Waals surface area contributed by atoms with Crippen LogP contribution in [0.25, 0.3) is 16.8 Å². The highest BCUT2D eigenvalue weighted by Crippen LogP contribution is 2.31. The van der Waals surface area contributed by atoms with Gasteiger partial charge in [0, 0.05) is 9.86 Å². The third kappa shape index (κ3) is 2.95. The molecular weight excluding hydrogens is 368 g/mol. The first-order chi connectivity index (χ1) is 8.39. The van der Waals surface area contributed by atoms with Gasteiger partial charge in [-0.05, 0) is 27.2 Å². The van der Waals surface area contributed by atoms with Gasteiger partial charge in [-0.25, -0.2) is 0 Å². The number of hydrogen-bond donors (Lipinski definition) is 0. The van der Waals surface area contributed by atoms with Crippen molar-refractivity contribution in [3.63, 3.8) is 0 Å². The molecule has 0 N–H and O–H groups in total. The topological polar surface area (TPSA) is 0 Å². The molecule has 2 aromatic carbocycles. The summed E-state index contributed by atoms with van der Waals surface area (Å²) in [5.41, 5.74) is 1.27. The van der Waals surface area contributed by atoms with Gasteiger partial charge in [0.15, 0.2) is 0 Å². The summed E-state index contributed by atoms with van der Waals surface area (Å²) in [5.74, 6) is 0. The Morgan fingerprint density at radius 2 is 1.67 bits per heavy atom. The van der Waals surface area contributed by atoms with Crippen molar-refractivity contribution >= 4 is 56.8 Å². The Hall–Kier alpha value is -0.383. The van der Waals surface area contributed by atoms with E-state index in [0.29, 0.717) is 0 Å². The van der Waals surface area contributed by atoms with E-state index >= 15 is 0 Å². The first kappa shape index (κ1) is 14.0. The SMILES string of the molecule is C[Si](C)(C)/C(Br)=C/c1cccc2cccc(Br)c12. The van der Waals surface area contributed by atoms with Gasteiger partial charge in [0.05, 0.1) is 8.07 Å². The van der Waals surface area contributed by atoms with Gasteiger partial charge in [-0.3, -0.25) is 0 Å². The fraction of sp³-hybridized carbons (Fsp3) is 0.200. The van der Waals surface area contributed by atoms with Gasteiger partial charge in [-0.15, -0.1) is 0 Å². The zero-order chi connectivity index (χ0) is 13.3. The first-order valence-corrected chi connectivity index (χ1v) is 11.0. The van der Waals surface area contributed by atoms with Gasteiger partial charge in [0.1, 0.15) is 0 Å². The van der Waals surface area contributed by atoms with E-state index in [1.54, 1.807) is 0 Å². The van der Waals surface area contributed by atoms with Gasteiger partial charge >= 0.3 is 0 Å². The number of fused-ring (bicyclic) bond motifs is 1. The Balaban J connectivity index is 2.66. The van der Waals surface area contributed by atoms with Gasteiger partial charge in [-0.1, -0.05) is 81.8 Å². The lowest BCUT2D eigenvalue weighted by Gasteiger charge is -2.15. The molecule has 0 aliphatic heterocycles. The average Bonchev–Trinajstić information content (AvgIpc) is 2.28. The van der Waals surface area contributed by atoms with E-state index in [9.17, 15) is 0 Å². The molecule has 0 saturated heterocycles. The van der Waals surface area contributed by atoms with Crippen molar-refractivity contribution in [1.29, 1.82) is 0 Å². The zero-order valence-corrected chi connectivity index (χ0v) is 15.0. The molecule has 18 heavy (non-hydrogen) atoms. The average molecular weight is 384 g/mol. The predicted octanol–water partition coefficient (Wildman–Crippen LogP) is 6.22. The largest absolute Gasteiger partial charge is 0.0865 e. The summed E-state index contributed by atoms with van der Waals surface area (Å²) in [6.07, 6.45) is 2.28. The van der Waals surface area contributed by atoms with Crippen molar-refractivity contribution in [2.24, 2.45) is 0 Å². The van der Waals surface area contributed by atoms with Crippen LogP contribution in [-0.2, 0) is 0 Å². The van der Waals surface area contributed by atoms with E-state index in [1.807, 2.05) is 0 Å². The fourth-order valence-electron chi connectivity index (χ4n) is 1.80. The van der Waals surface area contributed by atoms with Crippen LogP contribution in [0.5, 0.6) is 0 Å². The molecule has 0 unspecified atom stereocenters. The van der Waals surface area contributed by atoms with Gasteiger partial charge < -0.3 is 0 Å². The molecule has 0 fully saturated rings. The van der Waals surface area contributed by atoms with Crippen molar-refractivity contribution in [2.45, 2.75) is 19.6 Å². The zero-order valence-electron chi connectivity index (χ0n) is 10.8. The lowest BCUT2D eigenvalue weighted by atomic mass is 10.1. The van der Waals surface area contributed by atoms with Crippen molar-refractivity contribution in [1.82, 2.24) is 0 Å².